The molecule has 0 unspecified atom stereocenters. The Balaban J connectivity index is 1.63. The van der Waals surface area contributed by atoms with Gasteiger partial charge in [0.2, 0.25) is 0 Å². The lowest BCUT2D eigenvalue weighted by Crippen LogP contribution is -2.38. The Hall–Kier alpha value is -2.45. The fraction of sp³-hybridized carbons (Fsp3) is 0.556. The average molecular weight is 382 g/mol. The van der Waals surface area contributed by atoms with Crippen LogP contribution in [0.25, 0.3) is 0 Å². The van der Waals surface area contributed by atoms with E-state index in [1.807, 2.05) is 0 Å². The number of halogens is 3. The van der Waals surface area contributed by atoms with Gasteiger partial charge in [0.05, 0.1) is 12.3 Å². The van der Waals surface area contributed by atoms with Crippen molar-refractivity contribution in [2.75, 3.05) is 18.4 Å². The minimum Gasteiger partial charge on any atom is -0.467 e. The number of rotatable bonds is 2. The molecular weight excluding hydrogens is 361 g/mol. The summed E-state index contributed by atoms with van der Waals surface area (Å²) in [6.07, 6.45) is -1.51. The summed E-state index contributed by atoms with van der Waals surface area (Å²) in [5.41, 5.74) is 0.0430. The smallest absolute Gasteiger partial charge is 0.410 e. The number of carbonyl (C=O) groups excluding carboxylic acids is 1. The van der Waals surface area contributed by atoms with Gasteiger partial charge < -0.3 is 14.6 Å². The van der Waals surface area contributed by atoms with E-state index in [4.69, 9.17) is 4.42 Å². The van der Waals surface area contributed by atoms with Crippen LogP contribution >= 0.6 is 0 Å². The highest BCUT2D eigenvalue weighted by Crippen LogP contribution is 2.43. The van der Waals surface area contributed by atoms with Crippen molar-refractivity contribution in [3.8, 4) is 0 Å². The maximum Gasteiger partial charge on any atom is 0.410 e. The Kier molecular flexibility index (Phi) is 4.39. The average Bonchev–Trinajstić information content (AvgIpc) is 3.29. The Morgan fingerprint density at radius 1 is 1.33 bits per heavy atom. The molecule has 0 aromatic carbocycles. The van der Waals surface area contributed by atoms with Crippen molar-refractivity contribution in [1.82, 2.24) is 14.7 Å². The van der Waals surface area contributed by atoms with E-state index in [9.17, 15) is 18.0 Å². The second-order valence-corrected chi connectivity index (χ2v) is 7.34. The largest absolute Gasteiger partial charge is 0.467 e. The first-order chi connectivity index (χ1) is 12.8. The fourth-order valence-electron chi connectivity index (χ4n) is 3.73. The molecule has 2 aliphatic heterocycles. The molecule has 146 valence electrons. The lowest BCUT2D eigenvalue weighted by atomic mass is 9.99. The third-order valence-electron chi connectivity index (χ3n) is 5.37. The van der Waals surface area contributed by atoms with Crippen LogP contribution < -0.4 is 5.32 Å². The second kappa shape index (κ2) is 6.61. The topological polar surface area (TPSA) is 63.3 Å². The number of alkyl halides is 3. The van der Waals surface area contributed by atoms with Crippen LogP contribution in [0.3, 0.4) is 0 Å². The number of fused-ring (bicyclic) bond motifs is 1. The third-order valence-corrected chi connectivity index (χ3v) is 5.37. The summed E-state index contributed by atoms with van der Waals surface area (Å²) in [6, 6.07) is 2.24. The van der Waals surface area contributed by atoms with Gasteiger partial charge in [0.1, 0.15) is 11.6 Å². The monoisotopic (exact) mass is 382 g/mol. The summed E-state index contributed by atoms with van der Waals surface area (Å²) in [7, 11) is 0. The van der Waals surface area contributed by atoms with Crippen LogP contribution in [0, 0.1) is 5.92 Å². The summed E-state index contributed by atoms with van der Waals surface area (Å²) >= 11 is 0. The van der Waals surface area contributed by atoms with Gasteiger partial charge in [-0.15, -0.1) is 0 Å². The van der Waals surface area contributed by atoms with E-state index in [1.165, 1.54) is 12.3 Å². The van der Waals surface area contributed by atoms with Crippen LogP contribution in [0.15, 0.2) is 28.9 Å². The van der Waals surface area contributed by atoms with Crippen molar-refractivity contribution < 1.29 is 22.4 Å². The number of amides is 1. The van der Waals surface area contributed by atoms with E-state index in [0.717, 1.165) is 17.5 Å². The van der Waals surface area contributed by atoms with E-state index in [-0.39, 0.29) is 23.8 Å². The molecule has 2 aromatic heterocycles. The number of carbonyl (C=O) groups is 1. The van der Waals surface area contributed by atoms with Crippen molar-refractivity contribution in [1.29, 1.82) is 0 Å². The van der Waals surface area contributed by atoms with Gasteiger partial charge in [-0.2, -0.15) is 18.3 Å². The first-order valence-corrected chi connectivity index (χ1v) is 9.08. The van der Waals surface area contributed by atoms with Gasteiger partial charge in [0, 0.05) is 25.6 Å². The number of anilines is 1. The molecule has 0 saturated carbocycles. The lowest BCUT2D eigenvalue weighted by Gasteiger charge is -2.32. The van der Waals surface area contributed by atoms with Gasteiger partial charge in [0.15, 0.2) is 11.7 Å². The Morgan fingerprint density at radius 3 is 2.70 bits per heavy atom. The predicted octanol–water partition coefficient (Wildman–Crippen LogP) is 4.01. The Labute approximate surface area is 154 Å². The minimum absolute atomic E-state index is 0.0430. The lowest BCUT2D eigenvalue weighted by molar-refractivity contribution is -0.174. The van der Waals surface area contributed by atoms with Gasteiger partial charge in [0.25, 0.3) is 5.91 Å². The normalized spacial score (nSPS) is 23.8. The van der Waals surface area contributed by atoms with Gasteiger partial charge >= 0.3 is 6.18 Å². The first kappa shape index (κ1) is 17.9. The first-order valence-electron chi connectivity index (χ1n) is 9.08. The Morgan fingerprint density at radius 2 is 2.07 bits per heavy atom. The van der Waals surface area contributed by atoms with E-state index < -0.39 is 18.3 Å². The van der Waals surface area contributed by atoms with Gasteiger partial charge in [-0.05, 0) is 30.9 Å². The molecule has 1 fully saturated rings. The van der Waals surface area contributed by atoms with Gasteiger partial charge in [-0.3, -0.25) is 4.79 Å². The summed E-state index contributed by atoms with van der Waals surface area (Å²) in [4.78, 5) is 14.4. The maximum atomic E-state index is 13.6. The van der Waals surface area contributed by atoms with Crippen LogP contribution in [-0.4, -0.2) is 39.9 Å². The summed E-state index contributed by atoms with van der Waals surface area (Å²) in [5, 5.41) is 7.04. The van der Waals surface area contributed by atoms with Crippen molar-refractivity contribution in [3.63, 3.8) is 0 Å². The van der Waals surface area contributed by atoms with E-state index in [1.54, 1.807) is 17.0 Å². The molecule has 1 amide bonds. The molecule has 2 aromatic rings. The molecule has 27 heavy (non-hydrogen) atoms. The van der Waals surface area contributed by atoms with E-state index in [2.05, 4.69) is 17.3 Å². The molecule has 0 aliphatic carbocycles. The molecule has 0 radical (unpaired) electrons. The van der Waals surface area contributed by atoms with Crippen LogP contribution in [0.2, 0.25) is 0 Å². The molecule has 1 saturated heterocycles. The SMILES string of the molecule is CC1CCN(C(=O)c2cc3n(n2)[C@@H](C(F)(F)F)C[C@H](c2ccco2)N3)CC1. The van der Waals surface area contributed by atoms with E-state index in [0.29, 0.717) is 24.8 Å². The van der Waals surface area contributed by atoms with Crippen LogP contribution in [0.4, 0.5) is 19.0 Å². The fourth-order valence-corrected chi connectivity index (χ4v) is 3.73. The molecule has 0 bridgehead atoms. The number of nitrogens with one attached hydrogen (secondary N) is 1. The molecule has 4 rings (SSSR count). The molecular formula is C18H21F3N4O2. The standard InChI is InChI=1S/C18H21F3N4O2/c1-11-4-6-24(7-5-11)17(26)13-10-16-22-12(14-3-2-8-27-14)9-15(18(19,20)21)25(16)23-13/h2-3,8,10-12,15,22H,4-7,9H2,1H3/t12-,15-/m1/s1. The second-order valence-electron chi connectivity index (χ2n) is 7.34. The zero-order valence-corrected chi connectivity index (χ0v) is 14.9. The highest BCUT2D eigenvalue weighted by Gasteiger charge is 2.47. The predicted molar refractivity (Wildman–Crippen MR) is 91.3 cm³/mol. The van der Waals surface area contributed by atoms with Crippen molar-refractivity contribution in [2.24, 2.45) is 5.92 Å². The number of aromatic nitrogens is 2. The molecule has 2 atom stereocenters. The molecule has 9 heteroatoms. The third kappa shape index (κ3) is 3.42. The van der Waals surface area contributed by atoms with Crippen LogP contribution in [0.1, 0.15) is 54.5 Å². The van der Waals surface area contributed by atoms with Crippen molar-refractivity contribution in [3.05, 3.63) is 35.9 Å². The number of hydrogen-bond donors (Lipinski definition) is 1. The number of furan rings is 1. The zero-order valence-electron chi connectivity index (χ0n) is 14.9. The number of piperidine rings is 1. The summed E-state index contributed by atoms with van der Waals surface area (Å²) in [6.45, 7) is 3.34. The summed E-state index contributed by atoms with van der Waals surface area (Å²) < 4.78 is 47.0. The highest BCUT2D eigenvalue weighted by atomic mass is 19.4. The maximum absolute atomic E-state index is 13.6. The number of hydrogen-bond acceptors (Lipinski definition) is 4. The number of likely N-dealkylation sites (tertiary alicyclic amines) is 1. The van der Waals surface area contributed by atoms with Gasteiger partial charge in [-0.25, -0.2) is 4.68 Å². The highest BCUT2D eigenvalue weighted by molar-refractivity contribution is 5.93. The minimum atomic E-state index is -4.48. The molecule has 6 nitrogen and oxygen atoms in total. The van der Waals surface area contributed by atoms with Crippen LogP contribution in [0.5, 0.6) is 0 Å². The van der Waals surface area contributed by atoms with Crippen molar-refractivity contribution >= 4 is 11.7 Å². The molecule has 2 aliphatic rings. The van der Waals surface area contributed by atoms with Crippen molar-refractivity contribution in [2.45, 2.75) is 44.4 Å². The molecule has 4 heterocycles. The molecule has 1 N–H and O–H groups in total. The summed E-state index contributed by atoms with van der Waals surface area (Å²) in [5.74, 6) is 0.837. The van der Waals surface area contributed by atoms with E-state index >= 15 is 0 Å². The van der Waals surface area contributed by atoms with Crippen LogP contribution in [-0.2, 0) is 0 Å². The van der Waals surface area contributed by atoms with Gasteiger partial charge in [-0.1, -0.05) is 6.92 Å². The zero-order chi connectivity index (χ0) is 19.2. The molecule has 0 spiro atoms. The number of nitrogens with zero attached hydrogens (tertiary/aromatic N) is 3. The Bertz CT molecular complexity index is 807. The quantitative estimate of drug-likeness (QED) is 0.853.